The van der Waals surface area contributed by atoms with E-state index in [0.717, 1.165) is 0 Å². The van der Waals surface area contributed by atoms with Gasteiger partial charge in [0.05, 0.1) is 13.2 Å². The smallest absolute Gasteiger partial charge is 0.0662 e. The van der Waals surface area contributed by atoms with Gasteiger partial charge in [0.15, 0.2) is 0 Å². The lowest BCUT2D eigenvalue weighted by Gasteiger charge is -1.70. The number of rotatable bonds is 1. The second-order valence-electron chi connectivity index (χ2n) is 0.763. The highest BCUT2D eigenvalue weighted by Gasteiger charge is 1.58. The van der Waals surface area contributed by atoms with Gasteiger partial charge in [-0.1, -0.05) is 0 Å². The number of aliphatic hydroxyl groups is 3. The van der Waals surface area contributed by atoms with Crippen molar-refractivity contribution in [3.8, 4) is 0 Å². The van der Waals surface area contributed by atoms with E-state index in [9.17, 15) is 0 Å². The van der Waals surface area contributed by atoms with Crippen molar-refractivity contribution in [2.24, 2.45) is 0 Å². The molecule has 0 heterocycles. The average Bonchev–Trinajstić information content (AvgIpc) is 1.94. The maximum atomic E-state index is 7.62. The van der Waals surface area contributed by atoms with Gasteiger partial charge in [0.25, 0.3) is 0 Å². The Balaban J connectivity index is -0.0000000646. The first-order valence-electron chi connectivity index (χ1n) is 2.66. The van der Waals surface area contributed by atoms with Gasteiger partial charge in [-0.25, -0.2) is 0 Å². The lowest BCUT2D eigenvalue weighted by molar-refractivity contribution is 0.186. The van der Waals surface area contributed by atoms with Gasteiger partial charge in [-0.2, -0.15) is 0 Å². The predicted octanol–water partition coefficient (Wildman–Crippen LogP) is -0.228. The van der Waals surface area contributed by atoms with E-state index >= 15 is 0 Å². The molecule has 0 unspecified atom stereocenters. The maximum Gasteiger partial charge on any atom is 0.0662 e. The highest BCUT2D eigenvalue weighted by atomic mass is 16.3. The number of aliphatic hydroxyl groups excluding tert-OH is 3. The van der Waals surface area contributed by atoms with Gasteiger partial charge in [-0.15, -0.1) is 13.2 Å². The fourth-order valence-electron chi connectivity index (χ4n) is 0. The van der Waals surface area contributed by atoms with Crippen molar-refractivity contribution < 1.29 is 15.3 Å². The quantitative estimate of drug-likeness (QED) is 0.436. The molecule has 0 aliphatic carbocycles. The molecule has 0 radical (unpaired) electrons. The van der Waals surface area contributed by atoms with Gasteiger partial charge in [-0.05, 0) is 6.92 Å². The van der Waals surface area contributed by atoms with E-state index in [1.165, 1.54) is 0 Å². The summed E-state index contributed by atoms with van der Waals surface area (Å²) >= 11 is 0. The molecule has 3 nitrogen and oxygen atoms in total. The van der Waals surface area contributed by atoms with E-state index in [4.69, 9.17) is 15.3 Å². The van der Waals surface area contributed by atoms with Gasteiger partial charge in [0.1, 0.15) is 0 Å². The standard InChI is InChI=1S/C2H6O2.C2H6O.C2H4/c3-1-2-4;1-2-3;1-2/h3-4H,1-2H2;3H,2H2,1H3;1-2H2. The zero-order chi connectivity index (χ0) is 8.12. The molecule has 0 spiro atoms. The second kappa shape index (κ2) is 48.6. The van der Waals surface area contributed by atoms with Crippen LogP contribution in [0.5, 0.6) is 0 Å². The van der Waals surface area contributed by atoms with Crippen molar-refractivity contribution in [1.82, 2.24) is 0 Å². The van der Waals surface area contributed by atoms with Crippen LogP contribution in [0.15, 0.2) is 13.2 Å². The van der Waals surface area contributed by atoms with Crippen LogP contribution in [0.4, 0.5) is 0 Å². The zero-order valence-electron chi connectivity index (χ0n) is 5.88. The van der Waals surface area contributed by atoms with E-state index in [2.05, 4.69) is 13.2 Å². The minimum atomic E-state index is -0.125. The van der Waals surface area contributed by atoms with Crippen molar-refractivity contribution in [2.45, 2.75) is 6.92 Å². The third-order valence-corrected chi connectivity index (χ3v) is 0.1000. The lowest BCUT2D eigenvalue weighted by atomic mass is 10.8. The summed E-state index contributed by atoms with van der Waals surface area (Å²) in [5.74, 6) is 0. The molecule has 58 valence electrons. The van der Waals surface area contributed by atoms with Crippen LogP contribution >= 0.6 is 0 Å². The molecule has 0 saturated carbocycles. The Bertz CT molecular complexity index is 22.3. The summed E-state index contributed by atoms with van der Waals surface area (Å²) in [4.78, 5) is 0. The van der Waals surface area contributed by atoms with Crippen molar-refractivity contribution in [1.29, 1.82) is 0 Å². The van der Waals surface area contributed by atoms with Crippen molar-refractivity contribution in [3.05, 3.63) is 13.2 Å². The molecule has 0 aromatic carbocycles. The molecule has 0 atom stereocenters. The third-order valence-electron chi connectivity index (χ3n) is 0.1000. The van der Waals surface area contributed by atoms with Crippen molar-refractivity contribution >= 4 is 0 Å². The average molecular weight is 136 g/mol. The van der Waals surface area contributed by atoms with Crippen molar-refractivity contribution in [3.63, 3.8) is 0 Å². The molecule has 0 saturated heterocycles. The molecule has 0 aromatic rings. The summed E-state index contributed by atoms with van der Waals surface area (Å²) in [6.07, 6.45) is 0. The fourth-order valence-corrected chi connectivity index (χ4v) is 0. The SMILES string of the molecule is C=C.CCO.OCCO. The Kier molecular flexibility index (Phi) is 85.7. The lowest BCUT2D eigenvalue weighted by Crippen LogP contribution is -1.85. The summed E-state index contributed by atoms with van der Waals surface area (Å²) < 4.78 is 0. The molecular weight excluding hydrogens is 120 g/mol. The first-order chi connectivity index (χ1) is 4.33. The summed E-state index contributed by atoms with van der Waals surface area (Å²) in [5, 5.41) is 22.8. The normalized spacial score (nSPS) is 5.78. The van der Waals surface area contributed by atoms with Gasteiger partial charge >= 0.3 is 0 Å². The van der Waals surface area contributed by atoms with Crippen LogP contribution in [-0.4, -0.2) is 35.1 Å². The number of hydrogen-bond donors (Lipinski definition) is 3. The molecule has 3 heteroatoms. The van der Waals surface area contributed by atoms with Crippen LogP contribution in [-0.2, 0) is 0 Å². The molecule has 0 bridgehead atoms. The highest BCUT2D eigenvalue weighted by Crippen LogP contribution is 1.39. The highest BCUT2D eigenvalue weighted by molar-refractivity contribution is 4.22. The molecule has 0 fully saturated rings. The van der Waals surface area contributed by atoms with Crippen LogP contribution in [0.1, 0.15) is 6.92 Å². The monoisotopic (exact) mass is 136 g/mol. The predicted molar refractivity (Wildman–Crippen MR) is 38.2 cm³/mol. The summed E-state index contributed by atoms with van der Waals surface area (Å²) in [7, 11) is 0. The van der Waals surface area contributed by atoms with Gasteiger partial charge in [0, 0.05) is 6.61 Å². The molecule has 9 heavy (non-hydrogen) atoms. The Morgan fingerprint density at radius 1 is 1.00 bits per heavy atom. The number of hydrogen-bond acceptors (Lipinski definition) is 3. The van der Waals surface area contributed by atoms with E-state index in [1.807, 2.05) is 0 Å². The van der Waals surface area contributed by atoms with Crippen LogP contribution in [0.2, 0.25) is 0 Å². The summed E-state index contributed by atoms with van der Waals surface area (Å²) in [5.41, 5.74) is 0. The topological polar surface area (TPSA) is 60.7 Å². The molecule has 0 aromatic heterocycles. The maximum absolute atomic E-state index is 7.62. The van der Waals surface area contributed by atoms with Crippen LogP contribution < -0.4 is 0 Å². The van der Waals surface area contributed by atoms with Crippen LogP contribution in [0, 0.1) is 0 Å². The van der Waals surface area contributed by atoms with Crippen LogP contribution in [0.25, 0.3) is 0 Å². The fraction of sp³-hybridized carbons (Fsp3) is 0.667. The first kappa shape index (κ1) is 15.8. The van der Waals surface area contributed by atoms with Gasteiger partial charge in [-0.3, -0.25) is 0 Å². The minimum absolute atomic E-state index is 0.125. The Labute approximate surface area is 56.3 Å². The van der Waals surface area contributed by atoms with E-state index in [-0.39, 0.29) is 19.8 Å². The Morgan fingerprint density at radius 3 is 1.11 bits per heavy atom. The minimum Gasteiger partial charge on any atom is -0.397 e. The van der Waals surface area contributed by atoms with E-state index < -0.39 is 0 Å². The second-order valence-corrected chi connectivity index (χ2v) is 0.763. The van der Waals surface area contributed by atoms with Gasteiger partial charge < -0.3 is 15.3 Å². The summed E-state index contributed by atoms with van der Waals surface area (Å²) in [6, 6.07) is 0. The first-order valence-corrected chi connectivity index (χ1v) is 2.66. The van der Waals surface area contributed by atoms with Gasteiger partial charge in [0.2, 0.25) is 0 Å². The third kappa shape index (κ3) is 626. The van der Waals surface area contributed by atoms with E-state index in [0.29, 0.717) is 0 Å². The summed E-state index contributed by atoms with van der Waals surface area (Å²) in [6.45, 7) is 7.68. The zero-order valence-corrected chi connectivity index (χ0v) is 5.88. The molecule has 0 aliphatic rings. The van der Waals surface area contributed by atoms with Crippen molar-refractivity contribution in [2.75, 3.05) is 19.8 Å². The molecule has 3 N–H and O–H groups in total. The Morgan fingerprint density at radius 2 is 1.11 bits per heavy atom. The van der Waals surface area contributed by atoms with Crippen LogP contribution in [0.3, 0.4) is 0 Å². The van der Waals surface area contributed by atoms with E-state index in [1.54, 1.807) is 6.92 Å². The molecule has 0 amide bonds. The Hall–Kier alpha value is -0.380. The molecule has 0 rings (SSSR count). The largest absolute Gasteiger partial charge is 0.397 e. The molecular formula is C6H16O3. The molecule has 0 aliphatic heterocycles.